The van der Waals surface area contributed by atoms with Gasteiger partial charge >= 0.3 is 6.18 Å². The second-order valence-corrected chi connectivity index (χ2v) is 9.38. The fourth-order valence-corrected chi connectivity index (χ4v) is 4.81. The lowest BCUT2D eigenvalue weighted by Crippen LogP contribution is -2.40. The van der Waals surface area contributed by atoms with Crippen molar-refractivity contribution in [2.45, 2.75) is 23.2 Å². The summed E-state index contributed by atoms with van der Waals surface area (Å²) in [6.45, 7) is 2.74. The molecule has 170 valence electrons. The van der Waals surface area contributed by atoms with Crippen LogP contribution in [0.15, 0.2) is 28.3 Å². The number of benzene rings is 1. The van der Waals surface area contributed by atoms with Crippen LogP contribution in [0.25, 0.3) is 0 Å². The number of rotatable bonds is 6. The number of carbonyl (C=O) groups is 1. The Bertz CT molecular complexity index is 1070. The van der Waals surface area contributed by atoms with Gasteiger partial charge in [-0.1, -0.05) is 17.8 Å². The number of hydrogen-bond donors (Lipinski definition) is 2. The van der Waals surface area contributed by atoms with E-state index in [4.69, 9.17) is 10.6 Å². The maximum atomic E-state index is 12.8. The quantitative estimate of drug-likeness (QED) is 0.464. The predicted molar refractivity (Wildman–Crippen MR) is 105 cm³/mol. The number of carbonyl (C=O) groups excluding carboxylic acids is 1. The van der Waals surface area contributed by atoms with Crippen molar-refractivity contribution in [3.63, 3.8) is 0 Å². The van der Waals surface area contributed by atoms with Gasteiger partial charge in [0.1, 0.15) is 0 Å². The SMILES string of the molecule is Cc1ccc(S(=O)(=O)N2CCOCC2)cc1NC(=O)CSc1nnc(C(F)(F)F)n1N. The minimum Gasteiger partial charge on any atom is -0.379 e. The van der Waals surface area contributed by atoms with E-state index in [0.29, 0.717) is 30.5 Å². The fourth-order valence-electron chi connectivity index (χ4n) is 2.72. The first kappa shape index (κ1) is 23.3. The number of amides is 1. The highest BCUT2D eigenvalue weighted by atomic mass is 32.2. The first-order chi connectivity index (χ1) is 14.5. The molecule has 1 aliphatic heterocycles. The van der Waals surface area contributed by atoms with Crippen LogP contribution < -0.4 is 11.2 Å². The molecule has 0 saturated carbocycles. The molecule has 0 aliphatic carbocycles. The van der Waals surface area contributed by atoms with E-state index < -0.39 is 27.9 Å². The second kappa shape index (κ2) is 9.02. The molecule has 3 N–H and O–H groups in total. The number of thioether (sulfide) groups is 1. The van der Waals surface area contributed by atoms with Crippen molar-refractivity contribution >= 4 is 33.4 Å². The van der Waals surface area contributed by atoms with Gasteiger partial charge in [0.25, 0.3) is 5.82 Å². The summed E-state index contributed by atoms with van der Waals surface area (Å²) in [5, 5.41) is 8.58. The summed E-state index contributed by atoms with van der Waals surface area (Å²) in [6, 6.07) is 4.35. The zero-order valence-corrected chi connectivity index (χ0v) is 17.9. The molecule has 1 aliphatic rings. The van der Waals surface area contributed by atoms with Crippen molar-refractivity contribution in [3.05, 3.63) is 29.6 Å². The summed E-state index contributed by atoms with van der Waals surface area (Å²) in [5.74, 6) is 3.06. The Morgan fingerprint density at radius 2 is 1.97 bits per heavy atom. The molecular formula is C16H19F3N6O4S2. The number of sulfonamides is 1. The molecule has 2 heterocycles. The number of nitrogen functional groups attached to an aromatic ring is 1. The van der Waals surface area contributed by atoms with Gasteiger partial charge in [0.2, 0.25) is 21.1 Å². The lowest BCUT2D eigenvalue weighted by atomic mass is 10.2. The Balaban J connectivity index is 1.69. The van der Waals surface area contributed by atoms with Crippen molar-refractivity contribution in [1.29, 1.82) is 0 Å². The molecule has 0 bridgehead atoms. The number of anilines is 1. The smallest absolute Gasteiger partial charge is 0.379 e. The summed E-state index contributed by atoms with van der Waals surface area (Å²) >= 11 is 0.662. The van der Waals surface area contributed by atoms with Crippen LogP contribution in [0.2, 0.25) is 0 Å². The Kier molecular flexibility index (Phi) is 6.78. The monoisotopic (exact) mass is 480 g/mol. The summed E-state index contributed by atoms with van der Waals surface area (Å²) in [5.41, 5.74) is 0.880. The summed E-state index contributed by atoms with van der Waals surface area (Å²) < 4.78 is 70.5. The highest BCUT2D eigenvalue weighted by Crippen LogP contribution is 2.29. The van der Waals surface area contributed by atoms with Crippen molar-refractivity contribution in [2.75, 3.05) is 43.2 Å². The van der Waals surface area contributed by atoms with E-state index in [-0.39, 0.29) is 39.3 Å². The maximum absolute atomic E-state index is 12.8. The first-order valence-corrected chi connectivity index (χ1v) is 11.3. The molecular weight excluding hydrogens is 461 g/mol. The Hall–Kier alpha value is -2.36. The normalized spacial score (nSPS) is 15.7. The number of aromatic nitrogens is 3. The van der Waals surface area contributed by atoms with Crippen LogP contribution in [-0.2, 0) is 25.7 Å². The van der Waals surface area contributed by atoms with Crippen molar-refractivity contribution in [2.24, 2.45) is 0 Å². The number of nitrogens with two attached hydrogens (primary N) is 1. The van der Waals surface area contributed by atoms with Gasteiger partial charge in [-0.3, -0.25) is 4.79 Å². The van der Waals surface area contributed by atoms with E-state index in [1.807, 2.05) is 0 Å². The third-order valence-corrected chi connectivity index (χ3v) is 7.18. The molecule has 1 saturated heterocycles. The number of hydrogen-bond acceptors (Lipinski definition) is 8. The van der Waals surface area contributed by atoms with Gasteiger partial charge in [0.15, 0.2) is 0 Å². The lowest BCUT2D eigenvalue weighted by Gasteiger charge is -2.26. The van der Waals surface area contributed by atoms with Crippen LogP contribution in [0, 0.1) is 6.92 Å². The van der Waals surface area contributed by atoms with Crippen molar-refractivity contribution < 1.29 is 31.1 Å². The number of morpholine rings is 1. The van der Waals surface area contributed by atoms with Gasteiger partial charge in [0, 0.05) is 18.8 Å². The fraction of sp³-hybridized carbons (Fsp3) is 0.438. The standard InChI is InChI=1S/C16H19F3N6O4S2/c1-10-2-3-11(31(27,28)24-4-6-29-7-5-24)8-12(10)21-13(26)9-30-15-23-22-14(25(15)20)16(17,18)19/h2-3,8H,4-7,9,20H2,1H3,(H,21,26). The highest BCUT2D eigenvalue weighted by Gasteiger charge is 2.38. The van der Waals surface area contributed by atoms with E-state index in [1.165, 1.54) is 16.4 Å². The minimum atomic E-state index is -4.77. The van der Waals surface area contributed by atoms with Crippen molar-refractivity contribution in [3.8, 4) is 0 Å². The molecule has 3 rings (SSSR count). The lowest BCUT2D eigenvalue weighted by molar-refractivity contribution is -0.146. The van der Waals surface area contributed by atoms with Gasteiger partial charge in [-0.25, -0.2) is 13.1 Å². The molecule has 0 spiro atoms. The van der Waals surface area contributed by atoms with Gasteiger partial charge in [-0.2, -0.15) is 17.5 Å². The Labute approximate surface area is 180 Å². The van der Waals surface area contributed by atoms with Crippen LogP contribution in [0.1, 0.15) is 11.4 Å². The average Bonchev–Trinajstić information content (AvgIpc) is 3.09. The highest BCUT2D eigenvalue weighted by molar-refractivity contribution is 7.99. The minimum absolute atomic E-state index is 0.0134. The first-order valence-electron chi connectivity index (χ1n) is 8.89. The summed E-state index contributed by atoms with van der Waals surface area (Å²) in [7, 11) is -3.76. The number of nitrogens with one attached hydrogen (secondary N) is 1. The number of halogens is 3. The molecule has 15 heteroatoms. The van der Waals surface area contributed by atoms with Crippen LogP contribution in [0.4, 0.5) is 18.9 Å². The van der Waals surface area contributed by atoms with Crippen LogP contribution >= 0.6 is 11.8 Å². The average molecular weight is 480 g/mol. The number of alkyl halides is 3. The van der Waals surface area contributed by atoms with Crippen molar-refractivity contribution in [1.82, 2.24) is 19.2 Å². The predicted octanol–water partition coefficient (Wildman–Crippen LogP) is 1.07. The molecule has 2 aromatic rings. The van der Waals surface area contributed by atoms with Crippen LogP contribution in [0.3, 0.4) is 0 Å². The molecule has 1 amide bonds. The molecule has 1 fully saturated rings. The molecule has 0 atom stereocenters. The van der Waals surface area contributed by atoms with E-state index in [1.54, 1.807) is 13.0 Å². The van der Waals surface area contributed by atoms with Gasteiger partial charge in [0.05, 0.1) is 23.9 Å². The summed E-state index contributed by atoms with van der Waals surface area (Å²) in [6.07, 6.45) is -4.77. The Morgan fingerprint density at radius 3 is 2.58 bits per heavy atom. The zero-order chi connectivity index (χ0) is 22.8. The molecule has 31 heavy (non-hydrogen) atoms. The number of aryl methyl sites for hydroxylation is 1. The van der Waals surface area contributed by atoms with E-state index in [0.717, 1.165) is 0 Å². The third-order valence-electron chi connectivity index (χ3n) is 4.34. The van der Waals surface area contributed by atoms with E-state index in [9.17, 15) is 26.4 Å². The van der Waals surface area contributed by atoms with Crippen LogP contribution in [-0.4, -0.2) is 65.6 Å². The Morgan fingerprint density at radius 1 is 1.29 bits per heavy atom. The van der Waals surface area contributed by atoms with Gasteiger partial charge in [-0.05, 0) is 24.6 Å². The zero-order valence-electron chi connectivity index (χ0n) is 16.2. The van der Waals surface area contributed by atoms with Gasteiger partial charge < -0.3 is 15.9 Å². The van der Waals surface area contributed by atoms with E-state index in [2.05, 4.69) is 15.5 Å². The maximum Gasteiger partial charge on any atom is 0.453 e. The summed E-state index contributed by atoms with van der Waals surface area (Å²) in [4.78, 5) is 12.3. The third kappa shape index (κ3) is 5.28. The molecule has 1 aromatic carbocycles. The number of nitrogens with zero attached hydrogens (tertiary/aromatic N) is 4. The van der Waals surface area contributed by atoms with Crippen LogP contribution in [0.5, 0.6) is 0 Å². The largest absolute Gasteiger partial charge is 0.453 e. The molecule has 1 aromatic heterocycles. The molecule has 0 unspecified atom stereocenters. The van der Waals surface area contributed by atoms with E-state index >= 15 is 0 Å². The second-order valence-electron chi connectivity index (χ2n) is 6.50. The topological polar surface area (TPSA) is 132 Å². The number of ether oxygens (including phenoxy) is 1. The molecule has 0 radical (unpaired) electrons. The van der Waals surface area contributed by atoms with Gasteiger partial charge in [-0.15, -0.1) is 10.2 Å². The molecule has 10 nitrogen and oxygen atoms in total.